The van der Waals surface area contributed by atoms with Crippen molar-refractivity contribution in [2.75, 3.05) is 25.6 Å². The molecule has 1 fully saturated rings. The molecular formula is C10H15N3O2. The molecule has 1 aliphatic heterocycles. The number of nitrogens with zero attached hydrogens (tertiary/aromatic N) is 2. The third-order valence-electron chi connectivity index (χ3n) is 2.39. The molecule has 1 saturated heterocycles. The molecule has 0 unspecified atom stereocenters. The number of nitrogens with one attached hydrogen (secondary N) is 1. The lowest BCUT2D eigenvalue weighted by Gasteiger charge is -2.22. The predicted octanol–water partition coefficient (Wildman–Crippen LogP) is 1.08. The van der Waals surface area contributed by atoms with Crippen molar-refractivity contribution in [2.45, 2.75) is 18.9 Å². The van der Waals surface area contributed by atoms with Crippen LogP contribution in [0.15, 0.2) is 12.3 Å². The number of aromatic nitrogens is 2. The van der Waals surface area contributed by atoms with Gasteiger partial charge in [0.2, 0.25) is 11.8 Å². The van der Waals surface area contributed by atoms with E-state index in [2.05, 4.69) is 15.3 Å². The summed E-state index contributed by atoms with van der Waals surface area (Å²) < 4.78 is 10.3. The minimum Gasteiger partial charge on any atom is -0.481 e. The molecule has 2 heterocycles. The fraction of sp³-hybridized carbons (Fsp3) is 0.600. The fourth-order valence-electron chi connectivity index (χ4n) is 1.55. The standard InChI is InChI=1S/C10H15N3O2/c1-14-9-2-5-11-10(13-9)12-8-3-6-15-7-4-8/h2,5,8H,3-4,6-7H2,1H3,(H,11,12,13). The second kappa shape index (κ2) is 4.93. The summed E-state index contributed by atoms with van der Waals surface area (Å²) in [6, 6.07) is 2.14. The van der Waals surface area contributed by atoms with Crippen molar-refractivity contribution in [3.63, 3.8) is 0 Å². The Hall–Kier alpha value is -1.36. The van der Waals surface area contributed by atoms with Gasteiger partial charge in [0.1, 0.15) is 0 Å². The van der Waals surface area contributed by atoms with E-state index >= 15 is 0 Å². The summed E-state index contributed by atoms with van der Waals surface area (Å²) in [5.74, 6) is 1.21. The van der Waals surface area contributed by atoms with Crippen molar-refractivity contribution >= 4 is 5.95 Å². The summed E-state index contributed by atoms with van der Waals surface area (Å²) in [7, 11) is 1.60. The molecule has 1 N–H and O–H groups in total. The van der Waals surface area contributed by atoms with Crippen molar-refractivity contribution in [1.29, 1.82) is 0 Å². The summed E-state index contributed by atoms with van der Waals surface area (Å²) in [5, 5.41) is 3.27. The largest absolute Gasteiger partial charge is 0.481 e. The summed E-state index contributed by atoms with van der Waals surface area (Å²) in [6.45, 7) is 1.61. The Kier molecular flexibility index (Phi) is 3.34. The molecule has 82 valence electrons. The van der Waals surface area contributed by atoms with Crippen molar-refractivity contribution in [3.8, 4) is 5.88 Å². The van der Waals surface area contributed by atoms with Gasteiger partial charge in [-0.2, -0.15) is 4.98 Å². The third-order valence-corrected chi connectivity index (χ3v) is 2.39. The molecule has 5 heteroatoms. The molecule has 0 saturated carbocycles. The van der Waals surface area contributed by atoms with Crippen LogP contribution in [-0.2, 0) is 4.74 Å². The summed E-state index contributed by atoms with van der Waals surface area (Å²) in [4.78, 5) is 8.34. The lowest BCUT2D eigenvalue weighted by molar-refractivity contribution is 0.0903. The first-order valence-electron chi connectivity index (χ1n) is 5.10. The molecule has 0 aromatic carbocycles. The molecule has 0 amide bonds. The quantitative estimate of drug-likeness (QED) is 0.807. The highest BCUT2D eigenvalue weighted by Crippen LogP contribution is 2.13. The normalized spacial score (nSPS) is 17.4. The van der Waals surface area contributed by atoms with E-state index in [-0.39, 0.29) is 0 Å². The molecule has 1 aromatic heterocycles. The zero-order chi connectivity index (χ0) is 10.5. The molecule has 0 bridgehead atoms. The average Bonchev–Trinajstić information content (AvgIpc) is 2.31. The van der Waals surface area contributed by atoms with E-state index in [0.29, 0.717) is 17.9 Å². The number of ether oxygens (including phenoxy) is 2. The molecule has 1 aromatic rings. The van der Waals surface area contributed by atoms with Crippen molar-refractivity contribution in [1.82, 2.24) is 9.97 Å². The number of methoxy groups -OCH3 is 1. The van der Waals surface area contributed by atoms with E-state index in [1.807, 2.05) is 0 Å². The lowest BCUT2D eigenvalue weighted by atomic mass is 10.1. The van der Waals surface area contributed by atoms with Gasteiger partial charge in [0.15, 0.2) is 0 Å². The maximum atomic E-state index is 5.28. The van der Waals surface area contributed by atoms with Crippen LogP contribution in [0.1, 0.15) is 12.8 Å². The first kappa shape index (κ1) is 10.2. The van der Waals surface area contributed by atoms with Gasteiger partial charge in [0.25, 0.3) is 0 Å². The molecule has 0 radical (unpaired) electrons. The fourth-order valence-corrected chi connectivity index (χ4v) is 1.55. The van der Waals surface area contributed by atoms with Crippen molar-refractivity contribution in [2.24, 2.45) is 0 Å². The second-order valence-electron chi connectivity index (χ2n) is 3.45. The number of rotatable bonds is 3. The topological polar surface area (TPSA) is 56.3 Å². The molecule has 2 rings (SSSR count). The SMILES string of the molecule is COc1ccnc(NC2CCOCC2)n1. The number of hydrogen-bond donors (Lipinski definition) is 1. The van der Waals surface area contributed by atoms with E-state index in [0.717, 1.165) is 26.1 Å². The van der Waals surface area contributed by atoms with Crippen LogP contribution in [0.3, 0.4) is 0 Å². The Bertz CT molecular complexity index is 313. The van der Waals surface area contributed by atoms with Gasteiger partial charge in [-0.25, -0.2) is 4.98 Å². The first-order chi connectivity index (χ1) is 7.38. The molecular weight excluding hydrogens is 194 g/mol. The van der Waals surface area contributed by atoms with Crippen LogP contribution in [0.4, 0.5) is 5.95 Å². The van der Waals surface area contributed by atoms with Crippen LogP contribution in [0, 0.1) is 0 Å². The smallest absolute Gasteiger partial charge is 0.226 e. The Morgan fingerprint density at radius 3 is 3.00 bits per heavy atom. The van der Waals surface area contributed by atoms with Crippen molar-refractivity contribution in [3.05, 3.63) is 12.3 Å². The van der Waals surface area contributed by atoms with Gasteiger partial charge in [0.05, 0.1) is 7.11 Å². The summed E-state index contributed by atoms with van der Waals surface area (Å²) in [6.07, 6.45) is 3.69. The third kappa shape index (κ3) is 2.79. The minimum atomic E-state index is 0.408. The van der Waals surface area contributed by atoms with Crippen LogP contribution in [-0.4, -0.2) is 36.3 Å². The van der Waals surface area contributed by atoms with Gasteiger partial charge in [-0.1, -0.05) is 0 Å². The van der Waals surface area contributed by atoms with Crippen LogP contribution < -0.4 is 10.1 Å². The first-order valence-corrected chi connectivity index (χ1v) is 5.10. The van der Waals surface area contributed by atoms with Gasteiger partial charge in [-0.05, 0) is 12.8 Å². The maximum Gasteiger partial charge on any atom is 0.226 e. The van der Waals surface area contributed by atoms with Crippen molar-refractivity contribution < 1.29 is 9.47 Å². The highest BCUT2D eigenvalue weighted by atomic mass is 16.5. The van der Waals surface area contributed by atoms with Crippen LogP contribution in [0.25, 0.3) is 0 Å². The van der Waals surface area contributed by atoms with Crippen LogP contribution >= 0.6 is 0 Å². The zero-order valence-electron chi connectivity index (χ0n) is 8.77. The van der Waals surface area contributed by atoms with Crippen LogP contribution in [0.2, 0.25) is 0 Å². The Morgan fingerprint density at radius 2 is 2.27 bits per heavy atom. The summed E-state index contributed by atoms with van der Waals surface area (Å²) in [5.41, 5.74) is 0. The zero-order valence-corrected chi connectivity index (χ0v) is 8.77. The second-order valence-corrected chi connectivity index (χ2v) is 3.45. The van der Waals surface area contributed by atoms with E-state index in [4.69, 9.17) is 9.47 Å². The highest BCUT2D eigenvalue weighted by Gasteiger charge is 2.14. The van der Waals surface area contributed by atoms with Gasteiger partial charge in [-0.15, -0.1) is 0 Å². The summed E-state index contributed by atoms with van der Waals surface area (Å²) >= 11 is 0. The van der Waals surface area contributed by atoms with Crippen LogP contribution in [0.5, 0.6) is 5.88 Å². The van der Waals surface area contributed by atoms with Gasteiger partial charge in [-0.3, -0.25) is 0 Å². The molecule has 5 nitrogen and oxygen atoms in total. The van der Waals surface area contributed by atoms with E-state index in [9.17, 15) is 0 Å². The van der Waals surface area contributed by atoms with Gasteiger partial charge in [0, 0.05) is 31.5 Å². The Labute approximate surface area is 88.8 Å². The highest BCUT2D eigenvalue weighted by molar-refractivity contribution is 5.28. The Morgan fingerprint density at radius 1 is 1.47 bits per heavy atom. The molecule has 15 heavy (non-hydrogen) atoms. The molecule has 1 aliphatic rings. The average molecular weight is 209 g/mol. The van der Waals surface area contributed by atoms with Gasteiger partial charge >= 0.3 is 0 Å². The minimum absolute atomic E-state index is 0.408. The van der Waals surface area contributed by atoms with E-state index < -0.39 is 0 Å². The maximum absolute atomic E-state index is 5.28. The number of hydrogen-bond acceptors (Lipinski definition) is 5. The number of anilines is 1. The van der Waals surface area contributed by atoms with Gasteiger partial charge < -0.3 is 14.8 Å². The van der Waals surface area contributed by atoms with E-state index in [1.54, 1.807) is 19.4 Å². The monoisotopic (exact) mass is 209 g/mol. The molecule has 0 aliphatic carbocycles. The molecule has 0 atom stereocenters. The molecule has 0 spiro atoms. The Balaban J connectivity index is 1.96. The lowest BCUT2D eigenvalue weighted by Crippen LogP contribution is -2.28. The predicted molar refractivity (Wildman–Crippen MR) is 56.0 cm³/mol. The van der Waals surface area contributed by atoms with E-state index in [1.165, 1.54) is 0 Å².